The molecule has 1 aliphatic heterocycles. The van der Waals surface area contributed by atoms with Gasteiger partial charge in [-0.05, 0) is 36.4 Å². The monoisotopic (exact) mass is 407 g/mol. The highest BCUT2D eigenvalue weighted by molar-refractivity contribution is 6.35. The first-order chi connectivity index (χ1) is 14.1. The number of H-pyrrole nitrogens is 1. The molecule has 148 valence electrons. The number of nitrogens with zero attached hydrogens (tertiary/aromatic N) is 2. The summed E-state index contributed by atoms with van der Waals surface area (Å²) in [4.78, 5) is 18.4. The van der Waals surface area contributed by atoms with E-state index < -0.39 is 0 Å². The van der Waals surface area contributed by atoms with Gasteiger partial charge in [-0.2, -0.15) is 0 Å². The SMILES string of the molecule is COc1ccc2[nH]c3c(c2c1)CN(C(=O)CCn1ccc2c(Cl)cccc21)CC3. The molecule has 6 heteroatoms. The second-order valence-electron chi connectivity index (χ2n) is 7.49. The van der Waals surface area contributed by atoms with Crippen LogP contribution in [0.1, 0.15) is 17.7 Å². The number of rotatable bonds is 4. The van der Waals surface area contributed by atoms with Crippen molar-refractivity contribution >= 4 is 39.3 Å². The number of aromatic amines is 1. The van der Waals surface area contributed by atoms with Crippen LogP contribution in [0.4, 0.5) is 0 Å². The summed E-state index contributed by atoms with van der Waals surface area (Å²) in [5.41, 5.74) is 4.59. The molecule has 5 rings (SSSR count). The van der Waals surface area contributed by atoms with Crippen molar-refractivity contribution in [3.05, 3.63) is 64.9 Å². The van der Waals surface area contributed by atoms with Gasteiger partial charge in [-0.1, -0.05) is 17.7 Å². The molecule has 0 bridgehead atoms. The lowest BCUT2D eigenvalue weighted by molar-refractivity contribution is -0.132. The molecule has 1 amide bonds. The fourth-order valence-electron chi connectivity index (χ4n) is 4.29. The summed E-state index contributed by atoms with van der Waals surface area (Å²) in [7, 11) is 1.67. The Morgan fingerprint density at radius 1 is 1.21 bits per heavy atom. The summed E-state index contributed by atoms with van der Waals surface area (Å²) < 4.78 is 7.48. The maximum atomic E-state index is 12.9. The number of hydrogen-bond donors (Lipinski definition) is 1. The van der Waals surface area contributed by atoms with Gasteiger partial charge in [0.15, 0.2) is 0 Å². The quantitative estimate of drug-likeness (QED) is 0.530. The third kappa shape index (κ3) is 3.15. The van der Waals surface area contributed by atoms with E-state index in [2.05, 4.69) is 9.55 Å². The number of benzene rings is 2. The molecule has 2 aromatic heterocycles. The number of aryl methyl sites for hydroxylation is 1. The fraction of sp³-hybridized carbons (Fsp3) is 0.261. The molecule has 1 N–H and O–H groups in total. The molecular formula is C23H22ClN3O2. The van der Waals surface area contributed by atoms with Crippen LogP contribution in [0.3, 0.4) is 0 Å². The van der Waals surface area contributed by atoms with Gasteiger partial charge in [0.25, 0.3) is 0 Å². The zero-order valence-corrected chi connectivity index (χ0v) is 17.0. The first-order valence-electron chi connectivity index (χ1n) is 9.82. The van der Waals surface area contributed by atoms with Gasteiger partial charge in [0, 0.05) is 76.8 Å². The van der Waals surface area contributed by atoms with E-state index in [-0.39, 0.29) is 5.91 Å². The van der Waals surface area contributed by atoms with E-state index in [0.717, 1.165) is 45.5 Å². The van der Waals surface area contributed by atoms with Crippen molar-refractivity contribution in [2.24, 2.45) is 0 Å². The molecule has 0 saturated carbocycles. The van der Waals surface area contributed by atoms with Crippen molar-refractivity contribution in [1.29, 1.82) is 0 Å². The molecule has 1 aliphatic rings. The number of carbonyl (C=O) groups is 1. The second-order valence-corrected chi connectivity index (χ2v) is 7.90. The van der Waals surface area contributed by atoms with Crippen molar-refractivity contribution in [2.75, 3.05) is 13.7 Å². The average molecular weight is 408 g/mol. The molecule has 2 aromatic carbocycles. The topological polar surface area (TPSA) is 50.3 Å². The third-order valence-electron chi connectivity index (χ3n) is 5.86. The fourth-order valence-corrected chi connectivity index (χ4v) is 4.52. The average Bonchev–Trinajstić information content (AvgIpc) is 3.33. The number of fused-ring (bicyclic) bond motifs is 4. The Kier molecular flexibility index (Phi) is 4.47. The molecular weight excluding hydrogens is 386 g/mol. The number of ether oxygens (including phenoxy) is 1. The minimum Gasteiger partial charge on any atom is -0.497 e. The Morgan fingerprint density at radius 2 is 2.10 bits per heavy atom. The molecule has 0 atom stereocenters. The van der Waals surface area contributed by atoms with Crippen LogP contribution < -0.4 is 4.74 Å². The third-order valence-corrected chi connectivity index (χ3v) is 6.19. The molecule has 3 heterocycles. The van der Waals surface area contributed by atoms with Gasteiger partial charge in [-0.15, -0.1) is 0 Å². The van der Waals surface area contributed by atoms with Crippen molar-refractivity contribution in [3.8, 4) is 5.75 Å². The first-order valence-corrected chi connectivity index (χ1v) is 10.2. The summed E-state index contributed by atoms with van der Waals surface area (Å²) in [6.07, 6.45) is 3.32. The van der Waals surface area contributed by atoms with Gasteiger partial charge in [0.2, 0.25) is 5.91 Å². The van der Waals surface area contributed by atoms with Crippen molar-refractivity contribution in [2.45, 2.75) is 25.9 Å². The number of aromatic nitrogens is 2. The zero-order chi connectivity index (χ0) is 20.0. The van der Waals surface area contributed by atoms with Gasteiger partial charge in [0.05, 0.1) is 7.11 Å². The summed E-state index contributed by atoms with van der Waals surface area (Å²) in [5, 5.41) is 2.91. The predicted molar refractivity (Wildman–Crippen MR) is 116 cm³/mol. The van der Waals surface area contributed by atoms with Gasteiger partial charge >= 0.3 is 0 Å². The first kappa shape index (κ1) is 18.1. The lowest BCUT2D eigenvalue weighted by Crippen LogP contribution is -2.36. The van der Waals surface area contributed by atoms with Gasteiger partial charge in [0.1, 0.15) is 5.75 Å². The highest BCUT2D eigenvalue weighted by atomic mass is 35.5. The lowest BCUT2D eigenvalue weighted by Gasteiger charge is -2.27. The van der Waals surface area contributed by atoms with E-state index in [9.17, 15) is 4.79 Å². The summed E-state index contributed by atoms with van der Waals surface area (Å²) in [6.45, 7) is 2.03. The largest absolute Gasteiger partial charge is 0.497 e. The Morgan fingerprint density at radius 3 is 2.97 bits per heavy atom. The number of amides is 1. The molecule has 0 unspecified atom stereocenters. The minimum absolute atomic E-state index is 0.178. The second kappa shape index (κ2) is 7.16. The van der Waals surface area contributed by atoms with E-state index >= 15 is 0 Å². The summed E-state index contributed by atoms with van der Waals surface area (Å²) >= 11 is 6.26. The van der Waals surface area contributed by atoms with Crippen LogP contribution in [0, 0.1) is 0 Å². The van der Waals surface area contributed by atoms with E-state index in [1.807, 2.05) is 53.6 Å². The van der Waals surface area contributed by atoms with Crippen molar-refractivity contribution in [3.63, 3.8) is 0 Å². The van der Waals surface area contributed by atoms with E-state index in [0.29, 0.717) is 19.5 Å². The zero-order valence-electron chi connectivity index (χ0n) is 16.2. The van der Waals surface area contributed by atoms with Crippen LogP contribution >= 0.6 is 11.6 Å². The number of nitrogens with one attached hydrogen (secondary N) is 1. The van der Waals surface area contributed by atoms with Crippen LogP contribution in [0.2, 0.25) is 5.02 Å². The van der Waals surface area contributed by atoms with Crippen molar-refractivity contribution in [1.82, 2.24) is 14.5 Å². The van der Waals surface area contributed by atoms with Gasteiger partial charge in [-0.25, -0.2) is 0 Å². The van der Waals surface area contributed by atoms with E-state index in [4.69, 9.17) is 16.3 Å². The normalized spacial score (nSPS) is 13.8. The molecule has 0 aliphatic carbocycles. The summed E-state index contributed by atoms with van der Waals surface area (Å²) in [6, 6.07) is 13.9. The molecule has 4 aromatic rings. The van der Waals surface area contributed by atoms with Crippen LogP contribution in [0.15, 0.2) is 48.7 Å². The number of methoxy groups -OCH3 is 1. The maximum Gasteiger partial charge on any atom is 0.224 e. The Hall–Kier alpha value is -2.92. The van der Waals surface area contributed by atoms with Crippen LogP contribution in [0.25, 0.3) is 21.8 Å². The molecule has 29 heavy (non-hydrogen) atoms. The van der Waals surface area contributed by atoms with Crippen LogP contribution in [-0.2, 0) is 24.3 Å². The highest BCUT2D eigenvalue weighted by Crippen LogP contribution is 2.31. The van der Waals surface area contributed by atoms with E-state index in [1.165, 1.54) is 11.3 Å². The van der Waals surface area contributed by atoms with E-state index in [1.54, 1.807) is 7.11 Å². The molecule has 0 fully saturated rings. The number of hydrogen-bond acceptors (Lipinski definition) is 2. The smallest absolute Gasteiger partial charge is 0.224 e. The highest BCUT2D eigenvalue weighted by Gasteiger charge is 2.24. The number of halogens is 1. The Bertz CT molecular complexity index is 1220. The van der Waals surface area contributed by atoms with Crippen LogP contribution in [-0.4, -0.2) is 34.0 Å². The maximum absolute atomic E-state index is 12.9. The lowest BCUT2D eigenvalue weighted by atomic mass is 10.0. The molecule has 5 nitrogen and oxygen atoms in total. The van der Waals surface area contributed by atoms with Crippen LogP contribution in [0.5, 0.6) is 5.75 Å². The van der Waals surface area contributed by atoms with Gasteiger partial charge < -0.3 is 19.2 Å². The Labute approximate surface area is 173 Å². The Balaban J connectivity index is 1.33. The predicted octanol–water partition coefficient (Wildman–Crippen LogP) is 4.76. The standard InChI is InChI=1S/C23H22ClN3O2/c1-29-15-5-6-20-17(13-15)18-14-27(11-8-21(18)25-20)23(28)9-12-26-10-7-16-19(24)3-2-4-22(16)26/h2-7,10,13,25H,8-9,11-12,14H2,1H3. The molecule has 0 spiro atoms. The number of carbonyl (C=O) groups excluding carboxylic acids is 1. The van der Waals surface area contributed by atoms with Gasteiger partial charge in [-0.3, -0.25) is 4.79 Å². The molecule has 0 saturated heterocycles. The van der Waals surface area contributed by atoms with Crippen molar-refractivity contribution < 1.29 is 9.53 Å². The molecule has 0 radical (unpaired) electrons. The minimum atomic E-state index is 0.178. The summed E-state index contributed by atoms with van der Waals surface area (Å²) in [5.74, 6) is 1.01.